The SMILES string of the molecule is CC(O)C1CCN(C(=O)CCNC(=O)c2cccs2)C1. The fraction of sp³-hybridized carbons (Fsp3) is 0.571. The van der Waals surface area contributed by atoms with Crippen LogP contribution in [-0.2, 0) is 4.79 Å². The first-order valence-electron chi connectivity index (χ1n) is 6.85. The summed E-state index contributed by atoms with van der Waals surface area (Å²) in [6.07, 6.45) is 0.792. The van der Waals surface area contributed by atoms with Crippen molar-refractivity contribution in [3.8, 4) is 0 Å². The van der Waals surface area contributed by atoms with Gasteiger partial charge in [-0.2, -0.15) is 0 Å². The van der Waals surface area contributed by atoms with Gasteiger partial charge in [0.15, 0.2) is 0 Å². The summed E-state index contributed by atoms with van der Waals surface area (Å²) in [6, 6.07) is 3.58. The molecule has 1 aliphatic rings. The largest absolute Gasteiger partial charge is 0.393 e. The van der Waals surface area contributed by atoms with Gasteiger partial charge in [0.25, 0.3) is 5.91 Å². The monoisotopic (exact) mass is 296 g/mol. The van der Waals surface area contributed by atoms with Crippen LogP contribution in [0.1, 0.15) is 29.4 Å². The number of thiophene rings is 1. The van der Waals surface area contributed by atoms with Crippen LogP contribution in [0.2, 0.25) is 0 Å². The van der Waals surface area contributed by atoms with Gasteiger partial charge in [-0.15, -0.1) is 11.3 Å². The van der Waals surface area contributed by atoms with Crippen molar-refractivity contribution in [1.82, 2.24) is 10.2 Å². The normalized spacial score (nSPS) is 19.9. The lowest BCUT2D eigenvalue weighted by atomic mass is 10.0. The molecule has 2 N–H and O–H groups in total. The Balaban J connectivity index is 1.70. The van der Waals surface area contributed by atoms with Gasteiger partial charge in [-0.1, -0.05) is 6.07 Å². The summed E-state index contributed by atoms with van der Waals surface area (Å²) >= 11 is 1.38. The molecule has 5 nitrogen and oxygen atoms in total. The summed E-state index contributed by atoms with van der Waals surface area (Å²) in [5, 5.41) is 14.1. The molecule has 2 unspecified atom stereocenters. The van der Waals surface area contributed by atoms with Crippen molar-refractivity contribution >= 4 is 23.2 Å². The van der Waals surface area contributed by atoms with Crippen LogP contribution < -0.4 is 5.32 Å². The Morgan fingerprint density at radius 2 is 2.40 bits per heavy atom. The molecule has 2 atom stereocenters. The van der Waals surface area contributed by atoms with Crippen molar-refractivity contribution < 1.29 is 14.7 Å². The smallest absolute Gasteiger partial charge is 0.261 e. The summed E-state index contributed by atoms with van der Waals surface area (Å²) < 4.78 is 0. The number of nitrogens with one attached hydrogen (secondary N) is 1. The van der Waals surface area contributed by atoms with Crippen LogP contribution in [0.4, 0.5) is 0 Å². The van der Waals surface area contributed by atoms with Crippen molar-refractivity contribution in [2.24, 2.45) is 5.92 Å². The second kappa shape index (κ2) is 6.85. The molecular weight excluding hydrogens is 276 g/mol. The van der Waals surface area contributed by atoms with E-state index in [-0.39, 0.29) is 23.8 Å². The van der Waals surface area contributed by atoms with Crippen LogP contribution in [0.15, 0.2) is 17.5 Å². The number of rotatable bonds is 5. The molecule has 0 bridgehead atoms. The number of nitrogens with zero attached hydrogens (tertiary/aromatic N) is 1. The minimum atomic E-state index is -0.369. The van der Waals surface area contributed by atoms with Gasteiger partial charge in [0, 0.05) is 32.0 Å². The average molecular weight is 296 g/mol. The van der Waals surface area contributed by atoms with E-state index in [4.69, 9.17) is 0 Å². The molecule has 0 saturated carbocycles. The fourth-order valence-corrected chi connectivity index (χ4v) is 2.98. The number of likely N-dealkylation sites (tertiary alicyclic amines) is 1. The van der Waals surface area contributed by atoms with Gasteiger partial charge in [-0.25, -0.2) is 0 Å². The van der Waals surface area contributed by atoms with Gasteiger partial charge < -0.3 is 15.3 Å². The Morgan fingerprint density at radius 1 is 1.60 bits per heavy atom. The van der Waals surface area contributed by atoms with Crippen molar-refractivity contribution in [3.05, 3.63) is 22.4 Å². The Morgan fingerprint density at radius 3 is 3.00 bits per heavy atom. The molecule has 0 spiro atoms. The molecule has 1 saturated heterocycles. The molecule has 1 aromatic rings. The third-order valence-corrected chi connectivity index (χ3v) is 4.50. The van der Waals surface area contributed by atoms with Crippen LogP contribution in [-0.4, -0.2) is 47.6 Å². The van der Waals surface area contributed by atoms with E-state index < -0.39 is 0 Å². The number of carbonyl (C=O) groups is 2. The standard InChI is InChI=1S/C14H20N2O3S/c1-10(17)11-5-7-16(9-11)13(18)4-6-15-14(19)12-3-2-8-20-12/h2-3,8,10-11,17H,4-7,9H2,1H3,(H,15,19). The molecule has 0 radical (unpaired) electrons. The molecule has 20 heavy (non-hydrogen) atoms. The number of aliphatic hydroxyl groups excluding tert-OH is 1. The number of aliphatic hydroxyl groups is 1. The Kier molecular flexibility index (Phi) is 5.14. The van der Waals surface area contributed by atoms with E-state index in [1.807, 2.05) is 11.4 Å². The molecule has 0 aliphatic carbocycles. The van der Waals surface area contributed by atoms with Crippen LogP contribution in [0, 0.1) is 5.92 Å². The molecule has 6 heteroatoms. The second-order valence-corrected chi connectivity index (χ2v) is 6.06. The van der Waals surface area contributed by atoms with Gasteiger partial charge in [-0.05, 0) is 24.8 Å². The summed E-state index contributed by atoms with van der Waals surface area (Å²) in [6.45, 7) is 3.44. The highest BCUT2D eigenvalue weighted by Gasteiger charge is 2.28. The first-order chi connectivity index (χ1) is 9.58. The van der Waals surface area contributed by atoms with Crippen molar-refractivity contribution in [3.63, 3.8) is 0 Å². The van der Waals surface area contributed by atoms with E-state index >= 15 is 0 Å². The summed E-state index contributed by atoms with van der Waals surface area (Å²) in [5.41, 5.74) is 0. The molecule has 2 heterocycles. The minimum absolute atomic E-state index is 0.0413. The Bertz CT molecular complexity index is 459. The van der Waals surface area contributed by atoms with E-state index in [0.717, 1.165) is 6.42 Å². The maximum atomic E-state index is 12.0. The summed E-state index contributed by atoms with van der Waals surface area (Å²) in [7, 11) is 0. The predicted molar refractivity (Wildman–Crippen MR) is 77.6 cm³/mol. The van der Waals surface area contributed by atoms with Gasteiger partial charge in [0.2, 0.25) is 5.91 Å². The fourth-order valence-electron chi connectivity index (χ4n) is 2.34. The van der Waals surface area contributed by atoms with E-state index in [1.165, 1.54) is 11.3 Å². The van der Waals surface area contributed by atoms with Gasteiger partial charge >= 0.3 is 0 Å². The first-order valence-corrected chi connectivity index (χ1v) is 7.73. The van der Waals surface area contributed by atoms with Crippen LogP contribution in [0.3, 0.4) is 0 Å². The minimum Gasteiger partial charge on any atom is -0.393 e. The summed E-state index contributed by atoms with van der Waals surface area (Å²) in [4.78, 5) is 26.1. The molecule has 2 rings (SSSR count). The number of hydrogen-bond acceptors (Lipinski definition) is 4. The maximum absolute atomic E-state index is 12.0. The van der Waals surface area contributed by atoms with Crippen LogP contribution in [0.5, 0.6) is 0 Å². The lowest BCUT2D eigenvalue weighted by Gasteiger charge is -2.17. The third-order valence-electron chi connectivity index (χ3n) is 3.63. The quantitative estimate of drug-likeness (QED) is 0.855. The average Bonchev–Trinajstić information content (AvgIpc) is 3.09. The third kappa shape index (κ3) is 3.80. The molecular formula is C14H20N2O3S. The number of carbonyl (C=O) groups excluding carboxylic acids is 2. The maximum Gasteiger partial charge on any atom is 0.261 e. The van der Waals surface area contributed by atoms with E-state index in [1.54, 1.807) is 17.9 Å². The van der Waals surface area contributed by atoms with E-state index in [0.29, 0.717) is 30.9 Å². The Hall–Kier alpha value is -1.40. The second-order valence-electron chi connectivity index (χ2n) is 5.11. The number of hydrogen-bond donors (Lipinski definition) is 2. The van der Waals surface area contributed by atoms with Gasteiger partial charge in [0.1, 0.15) is 0 Å². The number of amides is 2. The van der Waals surface area contributed by atoms with Crippen molar-refractivity contribution in [2.45, 2.75) is 25.9 Å². The molecule has 2 amide bonds. The highest BCUT2D eigenvalue weighted by atomic mass is 32.1. The lowest BCUT2D eigenvalue weighted by molar-refractivity contribution is -0.130. The van der Waals surface area contributed by atoms with E-state index in [9.17, 15) is 14.7 Å². The Labute approximate surface area is 122 Å². The van der Waals surface area contributed by atoms with Crippen LogP contribution in [0.25, 0.3) is 0 Å². The van der Waals surface area contributed by atoms with Crippen molar-refractivity contribution in [1.29, 1.82) is 0 Å². The highest BCUT2D eigenvalue weighted by Crippen LogP contribution is 2.20. The molecule has 1 aliphatic heterocycles. The zero-order valence-corrected chi connectivity index (χ0v) is 12.4. The van der Waals surface area contributed by atoms with Gasteiger partial charge in [0.05, 0.1) is 11.0 Å². The van der Waals surface area contributed by atoms with Gasteiger partial charge in [-0.3, -0.25) is 9.59 Å². The summed E-state index contributed by atoms with van der Waals surface area (Å²) in [5.74, 6) is 0.0929. The van der Waals surface area contributed by atoms with E-state index in [2.05, 4.69) is 5.32 Å². The molecule has 1 fully saturated rings. The predicted octanol–water partition coefficient (Wildman–Crippen LogP) is 1.10. The molecule has 1 aromatic heterocycles. The topological polar surface area (TPSA) is 69.6 Å². The zero-order chi connectivity index (χ0) is 14.5. The molecule has 110 valence electrons. The zero-order valence-electron chi connectivity index (χ0n) is 11.5. The van der Waals surface area contributed by atoms with Crippen molar-refractivity contribution in [2.75, 3.05) is 19.6 Å². The first kappa shape index (κ1) is 15.0. The van der Waals surface area contributed by atoms with Crippen LogP contribution >= 0.6 is 11.3 Å². The lowest BCUT2D eigenvalue weighted by Crippen LogP contribution is -2.33. The highest BCUT2D eigenvalue weighted by molar-refractivity contribution is 7.12. The molecule has 0 aromatic carbocycles.